The number of anilines is 1. The molecule has 1 fully saturated rings. The molecule has 21 heavy (non-hydrogen) atoms. The molecule has 2 amide bonds. The minimum Gasteiger partial charge on any atom is -0.322 e. The summed E-state index contributed by atoms with van der Waals surface area (Å²) >= 11 is 1.43. The van der Waals surface area contributed by atoms with Crippen molar-refractivity contribution < 1.29 is 4.79 Å². The van der Waals surface area contributed by atoms with E-state index in [1.165, 1.54) is 11.3 Å². The van der Waals surface area contributed by atoms with Crippen molar-refractivity contribution in [2.75, 3.05) is 38.5 Å². The number of urea groups is 1. The molecule has 3 heterocycles. The zero-order valence-corrected chi connectivity index (χ0v) is 12.6. The number of nitrogens with one attached hydrogen (secondary N) is 1. The lowest BCUT2D eigenvalue weighted by atomic mass is 10.2. The highest BCUT2D eigenvalue weighted by molar-refractivity contribution is 7.14. The first-order chi connectivity index (χ1) is 10.2. The quantitative estimate of drug-likeness (QED) is 0.921. The Kier molecular flexibility index (Phi) is 4.12. The van der Waals surface area contributed by atoms with Crippen molar-refractivity contribution in [2.45, 2.75) is 0 Å². The minimum atomic E-state index is -0.0739. The zero-order chi connectivity index (χ0) is 14.7. The summed E-state index contributed by atoms with van der Waals surface area (Å²) in [6.07, 6.45) is 3.49. The van der Waals surface area contributed by atoms with E-state index in [1.54, 1.807) is 12.4 Å². The van der Waals surface area contributed by atoms with Crippen molar-refractivity contribution in [3.05, 3.63) is 29.9 Å². The third-order valence-electron chi connectivity index (χ3n) is 3.47. The second kappa shape index (κ2) is 6.19. The molecule has 3 rings (SSSR count). The molecule has 6 nitrogen and oxygen atoms in total. The van der Waals surface area contributed by atoms with Gasteiger partial charge in [-0.15, -0.1) is 11.3 Å². The lowest BCUT2D eigenvalue weighted by Crippen LogP contribution is -2.48. The number of thiazole rings is 1. The number of nitrogens with zero attached hydrogens (tertiary/aromatic N) is 4. The molecule has 7 heteroatoms. The SMILES string of the molecule is CN1CCN(C(=O)Nc2nc(-c3cccnc3)cs2)CC1. The van der Waals surface area contributed by atoms with Gasteiger partial charge in [0.1, 0.15) is 0 Å². The molecule has 0 aliphatic carbocycles. The van der Waals surface area contributed by atoms with Gasteiger partial charge in [0.05, 0.1) is 5.69 Å². The van der Waals surface area contributed by atoms with E-state index >= 15 is 0 Å². The van der Waals surface area contributed by atoms with E-state index in [4.69, 9.17) is 0 Å². The Balaban J connectivity index is 1.63. The number of carbonyl (C=O) groups is 1. The second-order valence-corrected chi connectivity index (χ2v) is 5.86. The van der Waals surface area contributed by atoms with Crippen molar-refractivity contribution >= 4 is 22.5 Å². The largest absolute Gasteiger partial charge is 0.323 e. The molecule has 2 aromatic rings. The Labute approximate surface area is 127 Å². The second-order valence-electron chi connectivity index (χ2n) is 5.00. The van der Waals surface area contributed by atoms with Crippen LogP contribution in [-0.2, 0) is 0 Å². The van der Waals surface area contributed by atoms with Gasteiger partial charge in [-0.25, -0.2) is 9.78 Å². The van der Waals surface area contributed by atoms with Crippen LogP contribution in [0, 0.1) is 0 Å². The van der Waals surface area contributed by atoms with Crippen molar-refractivity contribution in [1.82, 2.24) is 19.8 Å². The number of rotatable bonds is 2. The fourth-order valence-corrected chi connectivity index (χ4v) is 2.87. The topological polar surface area (TPSA) is 61.4 Å². The van der Waals surface area contributed by atoms with Crippen LogP contribution in [0.25, 0.3) is 11.3 Å². The molecule has 110 valence electrons. The average Bonchev–Trinajstić information content (AvgIpc) is 2.97. The van der Waals surface area contributed by atoms with Crippen LogP contribution >= 0.6 is 11.3 Å². The average molecular weight is 303 g/mol. The van der Waals surface area contributed by atoms with Crippen molar-refractivity contribution in [1.29, 1.82) is 0 Å². The van der Waals surface area contributed by atoms with Crippen LogP contribution in [0.15, 0.2) is 29.9 Å². The summed E-state index contributed by atoms with van der Waals surface area (Å²) in [6.45, 7) is 3.32. The Morgan fingerprint density at radius 1 is 1.33 bits per heavy atom. The fourth-order valence-electron chi connectivity index (χ4n) is 2.16. The molecule has 0 unspecified atom stereocenters. The van der Waals surface area contributed by atoms with E-state index < -0.39 is 0 Å². The van der Waals surface area contributed by atoms with Gasteiger partial charge in [0.25, 0.3) is 0 Å². The smallest absolute Gasteiger partial charge is 0.322 e. The number of pyridine rings is 1. The first kappa shape index (κ1) is 14.0. The summed E-state index contributed by atoms with van der Waals surface area (Å²) in [5.74, 6) is 0. The number of hydrogen-bond acceptors (Lipinski definition) is 5. The fraction of sp³-hybridized carbons (Fsp3) is 0.357. The number of carbonyl (C=O) groups excluding carboxylic acids is 1. The zero-order valence-electron chi connectivity index (χ0n) is 11.8. The summed E-state index contributed by atoms with van der Waals surface area (Å²) in [5.41, 5.74) is 1.79. The molecule has 1 N–H and O–H groups in total. The van der Waals surface area contributed by atoms with Gasteiger partial charge in [-0.2, -0.15) is 0 Å². The van der Waals surface area contributed by atoms with Gasteiger partial charge in [0.2, 0.25) is 0 Å². The maximum atomic E-state index is 12.2. The molecule has 0 saturated carbocycles. The van der Waals surface area contributed by atoms with Crippen LogP contribution in [0.2, 0.25) is 0 Å². The Hall–Kier alpha value is -1.99. The third-order valence-corrected chi connectivity index (χ3v) is 4.22. The van der Waals surface area contributed by atoms with Gasteiger partial charge in [-0.1, -0.05) is 0 Å². The summed E-state index contributed by atoms with van der Waals surface area (Å²) < 4.78 is 0. The van der Waals surface area contributed by atoms with Gasteiger partial charge in [0.15, 0.2) is 5.13 Å². The van der Waals surface area contributed by atoms with Gasteiger partial charge in [-0.3, -0.25) is 10.3 Å². The minimum absolute atomic E-state index is 0.0739. The molecule has 2 aromatic heterocycles. The predicted octanol–water partition coefficient (Wildman–Crippen LogP) is 1.98. The van der Waals surface area contributed by atoms with Crippen LogP contribution < -0.4 is 5.32 Å². The van der Waals surface area contributed by atoms with Gasteiger partial charge in [0, 0.05) is 49.5 Å². The number of aromatic nitrogens is 2. The van der Waals surface area contributed by atoms with Crippen molar-refractivity contribution in [2.24, 2.45) is 0 Å². The number of amides is 2. The highest BCUT2D eigenvalue weighted by atomic mass is 32.1. The van der Waals surface area contributed by atoms with E-state index in [9.17, 15) is 4.79 Å². The predicted molar refractivity (Wildman–Crippen MR) is 83.4 cm³/mol. The summed E-state index contributed by atoms with van der Waals surface area (Å²) in [4.78, 5) is 24.7. The number of likely N-dealkylation sites (N-methyl/N-ethyl adjacent to an activating group) is 1. The van der Waals surface area contributed by atoms with E-state index in [-0.39, 0.29) is 6.03 Å². The summed E-state index contributed by atoms with van der Waals surface area (Å²) in [5, 5.41) is 5.42. The molecule has 1 saturated heterocycles. The Bertz CT molecular complexity index is 607. The van der Waals surface area contributed by atoms with Crippen LogP contribution in [0.5, 0.6) is 0 Å². The number of piperazine rings is 1. The molecule has 0 aromatic carbocycles. The molecule has 0 bridgehead atoms. The van der Waals surface area contributed by atoms with Crippen LogP contribution in [0.3, 0.4) is 0 Å². The highest BCUT2D eigenvalue weighted by Crippen LogP contribution is 2.24. The molecule has 0 spiro atoms. The maximum Gasteiger partial charge on any atom is 0.323 e. The molecular formula is C14H17N5OS. The van der Waals surface area contributed by atoms with Crippen molar-refractivity contribution in [3.8, 4) is 11.3 Å². The first-order valence-electron chi connectivity index (χ1n) is 6.83. The third kappa shape index (κ3) is 3.37. The monoisotopic (exact) mass is 303 g/mol. The first-order valence-corrected chi connectivity index (χ1v) is 7.71. The van der Waals surface area contributed by atoms with Gasteiger partial charge >= 0.3 is 6.03 Å². The summed E-state index contributed by atoms with van der Waals surface area (Å²) in [7, 11) is 2.07. The van der Waals surface area contributed by atoms with Crippen LogP contribution in [0.4, 0.5) is 9.93 Å². The van der Waals surface area contributed by atoms with Gasteiger partial charge < -0.3 is 9.80 Å². The van der Waals surface area contributed by atoms with Crippen LogP contribution in [0.1, 0.15) is 0 Å². The Morgan fingerprint density at radius 3 is 2.86 bits per heavy atom. The van der Waals surface area contributed by atoms with E-state index in [0.717, 1.165) is 37.4 Å². The standard InChI is InChI=1S/C14H17N5OS/c1-18-5-7-19(8-6-18)14(20)17-13-16-12(10-21-13)11-3-2-4-15-9-11/h2-4,9-10H,5-8H2,1H3,(H,16,17,20). The lowest BCUT2D eigenvalue weighted by molar-refractivity contribution is 0.164. The number of hydrogen-bond donors (Lipinski definition) is 1. The van der Waals surface area contributed by atoms with Crippen LogP contribution in [-0.4, -0.2) is 59.0 Å². The van der Waals surface area contributed by atoms with Gasteiger partial charge in [-0.05, 0) is 19.2 Å². The molecule has 0 atom stereocenters. The van der Waals surface area contributed by atoms with E-state index in [1.807, 2.05) is 22.4 Å². The molecule has 1 aliphatic rings. The molecule has 1 aliphatic heterocycles. The highest BCUT2D eigenvalue weighted by Gasteiger charge is 2.19. The van der Waals surface area contributed by atoms with E-state index in [0.29, 0.717) is 5.13 Å². The van der Waals surface area contributed by atoms with E-state index in [2.05, 4.69) is 27.2 Å². The molecule has 0 radical (unpaired) electrons. The van der Waals surface area contributed by atoms with Crippen molar-refractivity contribution in [3.63, 3.8) is 0 Å². The maximum absolute atomic E-state index is 12.2. The normalized spacial score (nSPS) is 16.0. The molecular weight excluding hydrogens is 286 g/mol. The lowest BCUT2D eigenvalue weighted by Gasteiger charge is -2.32. The Morgan fingerprint density at radius 2 is 2.14 bits per heavy atom. The summed E-state index contributed by atoms with van der Waals surface area (Å²) in [6, 6.07) is 3.75.